The lowest BCUT2D eigenvalue weighted by Crippen LogP contribution is -2.49. The van der Waals surface area contributed by atoms with Crippen LogP contribution in [0.2, 0.25) is 0 Å². The predicted molar refractivity (Wildman–Crippen MR) is 200 cm³/mol. The number of amides is 3. The van der Waals surface area contributed by atoms with Gasteiger partial charge in [0.25, 0.3) is 0 Å². The first kappa shape index (κ1) is 41.2. The number of hydrogen-bond donors (Lipinski definition) is 3. The molecule has 0 unspecified atom stereocenters. The van der Waals surface area contributed by atoms with Gasteiger partial charge in [0.15, 0.2) is 6.04 Å². The Balaban J connectivity index is 1.41. The molecule has 290 valence electrons. The molecule has 0 fully saturated rings. The zero-order valence-electron chi connectivity index (χ0n) is 31.8. The highest BCUT2D eigenvalue weighted by Gasteiger charge is 2.32. The molecular weight excluding hydrogens is 694 g/mol. The second-order valence-corrected chi connectivity index (χ2v) is 14.9. The molecule has 0 saturated carbocycles. The molecule has 3 amide bonds. The molecular formula is C41H51N3O10. The smallest absolute Gasteiger partial charge is 0.408 e. The number of hydrogen-bond acceptors (Lipinski definition) is 10. The van der Waals surface area contributed by atoms with E-state index in [1.54, 1.807) is 65.8 Å². The maximum absolute atomic E-state index is 13.5. The van der Waals surface area contributed by atoms with Crippen LogP contribution in [-0.4, -0.2) is 73.3 Å². The first-order chi connectivity index (χ1) is 25.6. The van der Waals surface area contributed by atoms with Crippen molar-refractivity contribution in [2.45, 2.75) is 96.6 Å². The van der Waals surface area contributed by atoms with E-state index in [-0.39, 0.29) is 32.1 Å². The third-order valence-electron chi connectivity index (χ3n) is 8.10. The topological polar surface area (TPSA) is 168 Å². The predicted octanol–water partition coefficient (Wildman–Crippen LogP) is 6.77. The number of carbonyl (C=O) groups excluding carboxylic acids is 5. The van der Waals surface area contributed by atoms with E-state index in [9.17, 15) is 24.0 Å². The fourth-order valence-corrected chi connectivity index (χ4v) is 5.72. The fourth-order valence-electron chi connectivity index (χ4n) is 5.72. The molecule has 1 aliphatic carbocycles. The Morgan fingerprint density at radius 2 is 1.15 bits per heavy atom. The molecule has 0 spiro atoms. The summed E-state index contributed by atoms with van der Waals surface area (Å²) in [6.45, 7) is 9.87. The van der Waals surface area contributed by atoms with Gasteiger partial charge in [0.05, 0.1) is 0 Å². The normalized spacial score (nSPS) is 13.3. The largest absolute Gasteiger partial charge is 0.461 e. The summed E-state index contributed by atoms with van der Waals surface area (Å²) < 4.78 is 27.2. The van der Waals surface area contributed by atoms with Crippen LogP contribution in [0.5, 0.6) is 0 Å². The Bertz CT molecular complexity index is 1700. The van der Waals surface area contributed by atoms with Crippen molar-refractivity contribution in [1.82, 2.24) is 16.0 Å². The summed E-state index contributed by atoms with van der Waals surface area (Å²) in [5.41, 5.74) is 3.39. The van der Waals surface area contributed by atoms with Crippen LogP contribution < -0.4 is 16.0 Å². The minimum atomic E-state index is -1.42. The van der Waals surface area contributed by atoms with Crippen LogP contribution in [0.4, 0.5) is 14.4 Å². The third-order valence-corrected chi connectivity index (χ3v) is 8.10. The molecule has 0 radical (unpaired) electrons. The molecule has 0 aliphatic heterocycles. The highest BCUT2D eigenvalue weighted by atomic mass is 16.6. The van der Waals surface area contributed by atoms with Gasteiger partial charge < -0.3 is 39.6 Å². The molecule has 13 nitrogen and oxygen atoms in total. The van der Waals surface area contributed by atoms with Crippen molar-refractivity contribution in [2.24, 2.45) is 0 Å². The first-order valence-corrected chi connectivity index (χ1v) is 18.0. The van der Waals surface area contributed by atoms with Crippen molar-refractivity contribution in [3.8, 4) is 11.1 Å². The average molecular weight is 746 g/mol. The summed E-state index contributed by atoms with van der Waals surface area (Å²) in [5.74, 6) is -1.92. The van der Waals surface area contributed by atoms with E-state index in [2.05, 4.69) is 16.0 Å². The Morgan fingerprint density at radius 3 is 1.76 bits per heavy atom. The minimum Gasteiger partial charge on any atom is -0.461 e. The molecule has 4 rings (SSSR count). The Morgan fingerprint density at radius 1 is 0.611 bits per heavy atom. The standard InChI is InChI=1S/C41H51N3O10/c1-40(2,3)53-37(47)42-23-15-14-22-33(43-38(48)52-25-32-30-20-12-10-18-28(30)29-19-11-13-21-31(29)32)35(45)51-26-34(44-39(49)54-41(4,5)6)36(46)50-24-27-16-8-7-9-17-27/h7-13,16-21,32-34H,14-15,22-26H2,1-6H3,(H,42,47)(H,43,48)(H,44,49)/t33-,34-/m0/s1. The van der Waals surface area contributed by atoms with E-state index >= 15 is 0 Å². The van der Waals surface area contributed by atoms with E-state index in [0.717, 1.165) is 22.3 Å². The van der Waals surface area contributed by atoms with Crippen LogP contribution in [0.3, 0.4) is 0 Å². The van der Waals surface area contributed by atoms with Crippen molar-refractivity contribution in [2.75, 3.05) is 19.8 Å². The quantitative estimate of drug-likeness (QED) is 0.0858. The van der Waals surface area contributed by atoms with Crippen LogP contribution in [0.1, 0.15) is 83.4 Å². The van der Waals surface area contributed by atoms with Crippen LogP contribution >= 0.6 is 0 Å². The molecule has 0 saturated heterocycles. The SMILES string of the molecule is CC(C)(C)OC(=O)NCCCC[C@H](NC(=O)OCC1c2ccccc2-c2ccccc21)C(=O)OC[C@H](NC(=O)OC(C)(C)C)C(=O)OCc1ccccc1. The minimum absolute atomic E-state index is 0.0244. The number of fused-ring (bicyclic) bond motifs is 3. The van der Waals surface area contributed by atoms with Gasteiger partial charge in [-0.2, -0.15) is 0 Å². The van der Waals surface area contributed by atoms with Gasteiger partial charge in [-0.05, 0) is 88.6 Å². The lowest BCUT2D eigenvalue weighted by atomic mass is 9.98. The molecule has 13 heteroatoms. The van der Waals surface area contributed by atoms with E-state index in [1.165, 1.54) is 0 Å². The van der Waals surface area contributed by atoms with Crippen LogP contribution in [0, 0.1) is 0 Å². The monoisotopic (exact) mass is 745 g/mol. The van der Waals surface area contributed by atoms with Gasteiger partial charge in [-0.15, -0.1) is 0 Å². The van der Waals surface area contributed by atoms with Gasteiger partial charge in [-0.25, -0.2) is 24.0 Å². The zero-order chi connectivity index (χ0) is 39.3. The van der Waals surface area contributed by atoms with Crippen molar-refractivity contribution in [3.63, 3.8) is 0 Å². The molecule has 0 aromatic heterocycles. The number of esters is 2. The Hall–Kier alpha value is -5.59. The Kier molecular flexibility index (Phi) is 14.4. The van der Waals surface area contributed by atoms with E-state index in [1.807, 2.05) is 54.6 Å². The second kappa shape index (κ2) is 18.9. The molecule has 54 heavy (non-hydrogen) atoms. The summed E-state index contributed by atoms with van der Waals surface area (Å²) in [4.78, 5) is 64.6. The fraction of sp³-hybridized carbons (Fsp3) is 0.439. The molecule has 0 heterocycles. The second-order valence-electron chi connectivity index (χ2n) is 14.9. The number of ether oxygens (including phenoxy) is 5. The summed E-state index contributed by atoms with van der Waals surface area (Å²) in [7, 11) is 0. The summed E-state index contributed by atoms with van der Waals surface area (Å²) in [5, 5.41) is 7.71. The zero-order valence-corrected chi connectivity index (χ0v) is 31.8. The molecule has 3 N–H and O–H groups in total. The summed E-state index contributed by atoms with van der Waals surface area (Å²) >= 11 is 0. The number of unbranched alkanes of at least 4 members (excludes halogenated alkanes) is 1. The number of benzene rings is 3. The summed E-state index contributed by atoms with van der Waals surface area (Å²) in [6.07, 6.45) is -1.37. The van der Waals surface area contributed by atoms with E-state index in [4.69, 9.17) is 23.7 Å². The van der Waals surface area contributed by atoms with Crippen molar-refractivity contribution >= 4 is 30.2 Å². The molecule has 1 aliphatic rings. The maximum atomic E-state index is 13.5. The highest BCUT2D eigenvalue weighted by molar-refractivity contribution is 5.84. The van der Waals surface area contributed by atoms with Gasteiger partial charge in [-0.1, -0.05) is 78.9 Å². The Labute approximate surface area is 316 Å². The van der Waals surface area contributed by atoms with Crippen LogP contribution in [0.25, 0.3) is 11.1 Å². The lowest BCUT2D eigenvalue weighted by Gasteiger charge is -2.24. The molecule has 3 aromatic carbocycles. The van der Waals surface area contributed by atoms with Gasteiger partial charge in [0.2, 0.25) is 0 Å². The number of carbonyl (C=O) groups is 5. The van der Waals surface area contributed by atoms with Gasteiger partial charge in [0.1, 0.15) is 37.1 Å². The molecule has 0 bridgehead atoms. The third kappa shape index (κ3) is 13.1. The van der Waals surface area contributed by atoms with E-state index in [0.29, 0.717) is 18.4 Å². The van der Waals surface area contributed by atoms with Gasteiger partial charge in [-0.3, -0.25) is 0 Å². The van der Waals surface area contributed by atoms with Crippen LogP contribution in [0.15, 0.2) is 78.9 Å². The molecule has 2 atom stereocenters. The van der Waals surface area contributed by atoms with Gasteiger partial charge in [0, 0.05) is 12.5 Å². The lowest BCUT2D eigenvalue weighted by molar-refractivity contribution is -0.154. The van der Waals surface area contributed by atoms with Crippen molar-refractivity contribution < 1.29 is 47.7 Å². The number of rotatable bonds is 15. The number of alkyl carbamates (subject to hydrolysis) is 3. The average Bonchev–Trinajstić information content (AvgIpc) is 3.43. The highest BCUT2D eigenvalue weighted by Crippen LogP contribution is 2.44. The first-order valence-electron chi connectivity index (χ1n) is 18.0. The van der Waals surface area contributed by atoms with Crippen molar-refractivity contribution in [3.05, 3.63) is 95.6 Å². The van der Waals surface area contributed by atoms with Crippen molar-refractivity contribution in [1.29, 1.82) is 0 Å². The summed E-state index contributed by atoms with van der Waals surface area (Å²) in [6, 6.07) is 22.2. The molecule has 3 aromatic rings. The number of nitrogens with one attached hydrogen (secondary N) is 3. The van der Waals surface area contributed by atoms with Crippen LogP contribution in [-0.2, 0) is 39.9 Å². The maximum Gasteiger partial charge on any atom is 0.408 e. The van der Waals surface area contributed by atoms with Gasteiger partial charge >= 0.3 is 30.2 Å². The van der Waals surface area contributed by atoms with E-state index < -0.39 is 60.1 Å².